The van der Waals surface area contributed by atoms with Gasteiger partial charge in [-0.3, -0.25) is 0 Å². The number of furan rings is 1. The number of nitrogens with zero attached hydrogens (tertiary/aromatic N) is 2. The summed E-state index contributed by atoms with van der Waals surface area (Å²) in [6, 6.07) is 74.9. The molecule has 0 N–H and O–H groups in total. The third-order valence-electron chi connectivity index (χ3n) is 12.1. The summed E-state index contributed by atoms with van der Waals surface area (Å²) in [5.74, 6) is 0. The molecule has 0 radical (unpaired) electrons. The Hall–Kier alpha value is -7.62. The first-order valence-electron chi connectivity index (χ1n) is 20.0. The van der Waals surface area contributed by atoms with Crippen molar-refractivity contribution in [1.29, 1.82) is 0 Å². The number of aromatic nitrogens is 1. The molecule has 12 rings (SSSR count). The standard InChI is InChI=1S/C55H36N2O/c1-2-12-36(13-3-1)43-16-6-5-15-39(43)35-56(41-25-31-51-50-19-9-11-21-54(50)58-55(51)34-41)40-24-30-49-48-18-8-10-20-52(48)57(53(49)33-40)42-26-29-45-38(32-42)23-28-46-44-17-7-4-14-37(44)22-27-47(45)46/h1-34H,35H2. The van der Waals surface area contributed by atoms with Crippen LogP contribution in [-0.2, 0) is 6.54 Å². The predicted octanol–water partition coefficient (Wildman–Crippen LogP) is 15.1. The van der Waals surface area contributed by atoms with Crippen LogP contribution in [0.1, 0.15) is 5.56 Å². The van der Waals surface area contributed by atoms with E-state index in [-0.39, 0.29) is 0 Å². The van der Waals surface area contributed by atoms with Crippen LogP contribution >= 0.6 is 0 Å². The van der Waals surface area contributed by atoms with Crippen LogP contribution in [0.5, 0.6) is 0 Å². The number of para-hydroxylation sites is 2. The summed E-state index contributed by atoms with van der Waals surface area (Å²) >= 11 is 0. The van der Waals surface area contributed by atoms with Gasteiger partial charge in [0.15, 0.2) is 0 Å². The molecule has 2 heterocycles. The highest BCUT2D eigenvalue weighted by atomic mass is 16.3. The molecular weight excluding hydrogens is 705 g/mol. The van der Waals surface area contributed by atoms with Crippen molar-refractivity contribution >= 4 is 87.4 Å². The molecule has 0 aliphatic carbocycles. The summed E-state index contributed by atoms with van der Waals surface area (Å²) in [7, 11) is 0. The van der Waals surface area contributed by atoms with E-state index in [9.17, 15) is 0 Å². The van der Waals surface area contributed by atoms with Crippen LogP contribution in [-0.4, -0.2) is 4.57 Å². The first-order valence-corrected chi connectivity index (χ1v) is 20.0. The number of hydrogen-bond acceptors (Lipinski definition) is 2. The van der Waals surface area contributed by atoms with E-state index in [1.54, 1.807) is 0 Å². The van der Waals surface area contributed by atoms with Crippen molar-refractivity contribution in [1.82, 2.24) is 4.57 Å². The van der Waals surface area contributed by atoms with Gasteiger partial charge in [-0.05, 0) is 97.5 Å². The van der Waals surface area contributed by atoms with Gasteiger partial charge in [-0.25, -0.2) is 0 Å². The van der Waals surface area contributed by atoms with Crippen LogP contribution in [0.3, 0.4) is 0 Å². The number of fused-ring (bicyclic) bond motifs is 11. The van der Waals surface area contributed by atoms with Gasteiger partial charge >= 0.3 is 0 Å². The fourth-order valence-electron chi connectivity index (χ4n) is 9.30. The van der Waals surface area contributed by atoms with Crippen LogP contribution in [0, 0.1) is 0 Å². The average molecular weight is 741 g/mol. The molecule has 3 heteroatoms. The van der Waals surface area contributed by atoms with Gasteiger partial charge < -0.3 is 13.9 Å². The Bertz CT molecular complexity index is 3560. The Morgan fingerprint density at radius 3 is 1.86 bits per heavy atom. The van der Waals surface area contributed by atoms with E-state index in [0.717, 1.165) is 44.5 Å². The summed E-state index contributed by atoms with van der Waals surface area (Å²) in [5.41, 5.74) is 11.1. The molecule has 0 aliphatic rings. The van der Waals surface area contributed by atoms with E-state index in [1.165, 1.54) is 65.3 Å². The summed E-state index contributed by atoms with van der Waals surface area (Å²) in [4.78, 5) is 2.44. The molecule has 12 aromatic rings. The van der Waals surface area contributed by atoms with Gasteiger partial charge in [-0.2, -0.15) is 0 Å². The van der Waals surface area contributed by atoms with Crippen molar-refractivity contribution in [2.45, 2.75) is 6.54 Å². The van der Waals surface area contributed by atoms with E-state index < -0.39 is 0 Å². The second-order valence-electron chi connectivity index (χ2n) is 15.3. The minimum absolute atomic E-state index is 0.667. The Labute approximate surface area is 335 Å². The highest BCUT2D eigenvalue weighted by molar-refractivity contribution is 6.18. The van der Waals surface area contributed by atoms with Gasteiger partial charge in [-0.1, -0.05) is 152 Å². The van der Waals surface area contributed by atoms with Crippen molar-refractivity contribution < 1.29 is 4.42 Å². The van der Waals surface area contributed by atoms with Gasteiger partial charge in [0.05, 0.1) is 11.0 Å². The lowest BCUT2D eigenvalue weighted by molar-refractivity contribution is 0.669. The molecular formula is C55H36N2O. The highest BCUT2D eigenvalue weighted by Crippen LogP contribution is 2.41. The smallest absolute Gasteiger partial charge is 0.137 e. The molecule has 0 atom stereocenters. The van der Waals surface area contributed by atoms with Crippen molar-refractivity contribution in [3.8, 4) is 16.8 Å². The zero-order valence-electron chi connectivity index (χ0n) is 31.6. The van der Waals surface area contributed by atoms with E-state index in [4.69, 9.17) is 4.42 Å². The molecule has 10 aromatic carbocycles. The molecule has 58 heavy (non-hydrogen) atoms. The number of rotatable bonds is 6. The molecule has 0 aliphatic heterocycles. The lowest BCUT2D eigenvalue weighted by atomic mass is 9.97. The van der Waals surface area contributed by atoms with Crippen LogP contribution in [0.2, 0.25) is 0 Å². The zero-order valence-corrected chi connectivity index (χ0v) is 31.6. The van der Waals surface area contributed by atoms with E-state index in [0.29, 0.717) is 6.54 Å². The fraction of sp³-hybridized carbons (Fsp3) is 0.0182. The van der Waals surface area contributed by atoms with Gasteiger partial charge in [0, 0.05) is 51.2 Å². The summed E-state index contributed by atoms with van der Waals surface area (Å²) in [6.45, 7) is 0.667. The topological polar surface area (TPSA) is 21.3 Å². The molecule has 272 valence electrons. The molecule has 0 bridgehead atoms. The quantitative estimate of drug-likeness (QED) is 0.158. The van der Waals surface area contributed by atoms with Crippen molar-refractivity contribution in [3.63, 3.8) is 0 Å². The predicted molar refractivity (Wildman–Crippen MR) is 245 cm³/mol. The highest BCUT2D eigenvalue weighted by Gasteiger charge is 2.20. The van der Waals surface area contributed by atoms with E-state index in [2.05, 4.69) is 204 Å². The van der Waals surface area contributed by atoms with Crippen LogP contribution in [0.25, 0.3) is 92.9 Å². The Balaban J connectivity index is 1.06. The molecule has 0 fully saturated rings. The normalized spacial score (nSPS) is 11.9. The van der Waals surface area contributed by atoms with Gasteiger partial charge in [0.25, 0.3) is 0 Å². The third kappa shape index (κ3) is 5.14. The van der Waals surface area contributed by atoms with Crippen LogP contribution in [0.15, 0.2) is 211 Å². The monoisotopic (exact) mass is 740 g/mol. The lowest BCUT2D eigenvalue weighted by Gasteiger charge is -2.27. The van der Waals surface area contributed by atoms with Crippen LogP contribution in [0.4, 0.5) is 11.4 Å². The van der Waals surface area contributed by atoms with Crippen LogP contribution < -0.4 is 4.90 Å². The zero-order chi connectivity index (χ0) is 38.2. The average Bonchev–Trinajstić information content (AvgIpc) is 3.83. The molecule has 0 saturated carbocycles. The SMILES string of the molecule is c1ccc(-c2ccccc2CN(c2ccc3c(c2)oc2ccccc23)c2ccc3c4ccccc4n(-c4ccc5c(ccc6c7ccccc7ccc56)c4)c3c2)cc1. The Morgan fingerprint density at radius 1 is 0.379 bits per heavy atom. The lowest BCUT2D eigenvalue weighted by Crippen LogP contribution is -2.17. The maximum Gasteiger partial charge on any atom is 0.137 e. The maximum atomic E-state index is 6.46. The Kier molecular flexibility index (Phi) is 7.29. The second-order valence-corrected chi connectivity index (χ2v) is 15.3. The van der Waals surface area contributed by atoms with Crippen molar-refractivity contribution in [2.75, 3.05) is 4.90 Å². The van der Waals surface area contributed by atoms with E-state index in [1.807, 2.05) is 12.1 Å². The van der Waals surface area contributed by atoms with Gasteiger partial charge in [0.1, 0.15) is 11.2 Å². The van der Waals surface area contributed by atoms with Crippen molar-refractivity contribution in [3.05, 3.63) is 212 Å². The second kappa shape index (κ2) is 13.0. The number of benzene rings is 10. The first kappa shape index (κ1) is 32.6. The number of hydrogen-bond donors (Lipinski definition) is 0. The van der Waals surface area contributed by atoms with Crippen molar-refractivity contribution in [2.24, 2.45) is 0 Å². The molecule has 0 spiro atoms. The van der Waals surface area contributed by atoms with Gasteiger partial charge in [-0.15, -0.1) is 0 Å². The van der Waals surface area contributed by atoms with E-state index >= 15 is 0 Å². The largest absolute Gasteiger partial charge is 0.456 e. The molecule has 0 unspecified atom stereocenters. The third-order valence-corrected chi connectivity index (χ3v) is 12.1. The summed E-state index contributed by atoms with van der Waals surface area (Å²) in [5, 5.41) is 12.3. The summed E-state index contributed by atoms with van der Waals surface area (Å²) < 4.78 is 8.90. The molecule has 2 aromatic heterocycles. The minimum Gasteiger partial charge on any atom is -0.456 e. The minimum atomic E-state index is 0.667. The summed E-state index contributed by atoms with van der Waals surface area (Å²) in [6.07, 6.45) is 0. The molecule has 0 amide bonds. The van der Waals surface area contributed by atoms with Gasteiger partial charge in [0.2, 0.25) is 0 Å². The number of anilines is 2. The first-order chi connectivity index (χ1) is 28.7. The fourth-order valence-corrected chi connectivity index (χ4v) is 9.30. The molecule has 3 nitrogen and oxygen atoms in total. The molecule has 0 saturated heterocycles. The maximum absolute atomic E-state index is 6.46. The Morgan fingerprint density at radius 2 is 0.983 bits per heavy atom.